The van der Waals surface area contributed by atoms with Crippen molar-refractivity contribution < 1.29 is 19.0 Å². The lowest BCUT2D eigenvalue weighted by Gasteiger charge is -2.12. The summed E-state index contributed by atoms with van der Waals surface area (Å²) < 4.78 is 16.7. The molecule has 2 aromatic rings. The van der Waals surface area contributed by atoms with Crippen LogP contribution in [0.1, 0.15) is 43.7 Å². The van der Waals surface area contributed by atoms with E-state index in [9.17, 15) is 4.79 Å². The van der Waals surface area contributed by atoms with Crippen molar-refractivity contribution >= 4 is 12.0 Å². The van der Waals surface area contributed by atoms with Crippen molar-refractivity contribution in [1.29, 1.82) is 0 Å². The van der Waals surface area contributed by atoms with Crippen LogP contribution in [0.5, 0.6) is 17.4 Å². The van der Waals surface area contributed by atoms with E-state index in [-0.39, 0.29) is 5.91 Å². The highest BCUT2D eigenvalue weighted by atomic mass is 16.5. The first-order valence-corrected chi connectivity index (χ1v) is 10.1. The summed E-state index contributed by atoms with van der Waals surface area (Å²) >= 11 is 0. The Morgan fingerprint density at radius 3 is 2.72 bits per heavy atom. The molecule has 3 rings (SSSR count). The third kappa shape index (κ3) is 6.24. The number of hydrogen-bond donors (Lipinski definition) is 1. The molecule has 1 aromatic heterocycles. The third-order valence-electron chi connectivity index (χ3n) is 4.77. The zero-order valence-electron chi connectivity index (χ0n) is 17.0. The van der Waals surface area contributed by atoms with Crippen LogP contribution in [0.4, 0.5) is 0 Å². The first-order chi connectivity index (χ1) is 14.2. The highest BCUT2D eigenvalue weighted by Gasteiger charge is 2.16. The van der Waals surface area contributed by atoms with Gasteiger partial charge in [-0.1, -0.05) is 12.1 Å². The fourth-order valence-electron chi connectivity index (χ4n) is 3.25. The highest BCUT2D eigenvalue weighted by molar-refractivity contribution is 5.91. The third-order valence-corrected chi connectivity index (χ3v) is 4.77. The summed E-state index contributed by atoms with van der Waals surface area (Å²) in [6, 6.07) is 9.34. The zero-order chi connectivity index (χ0) is 20.5. The molecule has 0 bridgehead atoms. The maximum Gasteiger partial charge on any atom is 0.244 e. The number of benzene rings is 1. The van der Waals surface area contributed by atoms with Gasteiger partial charge in [0.1, 0.15) is 6.10 Å². The molecule has 1 aliphatic carbocycles. The van der Waals surface area contributed by atoms with Crippen LogP contribution in [0.2, 0.25) is 0 Å². The molecule has 6 heteroatoms. The average Bonchev–Trinajstić information content (AvgIpc) is 3.25. The molecule has 1 N–H and O–H groups in total. The number of nitrogens with zero attached hydrogens (tertiary/aromatic N) is 1. The fourth-order valence-corrected chi connectivity index (χ4v) is 3.25. The van der Waals surface area contributed by atoms with Crippen LogP contribution in [0, 0.1) is 0 Å². The second-order valence-electron chi connectivity index (χ2n) is 6.92. The standard InChI is InChI=1S/C23H28N2O4/c1-3-28-21-14-17(8-11-20(21)27-2)9-12-22(26)24-15-18-10-13-23(25-16-18)29-19-6-4-5-7-19/h8-14,16,19H,3-7,15H2,1-2H3,(H,24,26). The minimum atomic E-state index is -0.176. The summed E-state index contributed by atoms with van der Waals surface area (Å²) in [4.78, 5) is 16.5. The van der Waals surface area contributed by atoms with E-state index >= 15 is 0 Å². The van der Waals surface area contributed by atoms with Crippen molar-refractivity contribution in [3.05, 3.63) is 53.7 Å². The summed E-state index contributed by atoms with van der Waals surface area (Å²) in [5.41, 5.74) is 1.79. The first-order valence-electron chi connectivity index (χ1n) is 10.1. The van der Waals surface area contributed by atoms with Crippen molar-refractivity contribution in [3.8, 4) is 17.4 Å². The summed E-state index contributed by atoms with van der Waals surface area (Å²) in [5, 5.41) is 2.86. The van der Waals surface area contributed by atoms with Crippen molar-refractivity contribution in [2.75, 3.05) is 13.7 Å². The molecular formula is C23H28N2O4. The number of rotatable bonds is 9. The molecule has 1 heterocycles. The number of pyridine rings is 1. The molecule has 0 atom stereocenters. The van der Waals surface area contributed by atoms with E-state index in [1.54, 1.807) is 19.4 Å². The molecule has 1 fully saturated rings. The lowest BCUT2D eigenvalue weighted by Crippen LogP contribution is -2.20. The Balaban J connectivity index is 1.49. The van der Waals surface area contributed by atoms with Gasteiger partial charge in [-0.25, -0.2) is 4.98 Å². The molecule has 154 valence electrons. The monoisotopic (exact) mass is 396 g/mol. The van der Waals surface area contributed by atoms with Gasteiger partial charge in [0.05, 0.1) is 13.7 Å². The summed E-state index contributed by atoms with van der Waals surface area (Å²) in [6.07, 6.45) is 9.94. The topological polar surface area (TPSA) is 69.7 Å². The first kappa shape index (κ1) is 20.7. The molecule has 29 heavy (non-hydrogen) atoms. The van der Waals surface area contributed by atoms with Crippen LogP contribution in [0.3, 0.4) is 0 Å². The lowest BCUT2D eigenvalue weighted by atomic mass is 10.2. The number of hydrogen-bond acceptors (Lipinski definition) is 5. The van der Waals surface area contributed by atoms with Crippen LogP contribution >= 0.6 is 0 Å². The Bertz CT molecular complexity index is 827. The smallest absolute Gasteiger partial charge is 0.244 e. The Morgan fingerprint density at radius 1 is 1.21 bits per heavy atom. The van der Waals surface area contributed by atoms with Crippen LogP contribution < -0.4 is 19.5 Å². The van der Waals surface area contributed by atoms with E-state index in [2.05, 4.69) is 10.3 Å². The van der Waals surface area contributed by atoms with Crippen LogP contribution in [0.15, 0.2) is 42.6 Å². The van der Waals surface area contributed by atoms with Gasteiger partial charge in [-0.3, -0.25) is 4.79 Å². The summed E-state index contributed by atoms with van der Waals surface area (Å²) in [5.74, 6) is 1.80. The predicted molar refractivity (Wildman–Crippen MR) is 112 cm³/mol. The van der Waals surface area contributed by atoms with E-state index in [4.69, 9.17) is 14.2 Å². The van der Waals surface area contributed by atoms with Gasteiger partial charge in [-0.05, 0) is 61.9 Å². The van der Waals surface area contributed by atoms with Gasteiger partial charge in [-0.15, -0.1) is 0 Å². The zero-order valence-corrected chi connectivity index (χ0v) is 17.0. The fraction of sp³-hybridized carbons (Fsp3) is 0.391. The number of carbonyl (C=O) groups is 1. The number of carbonyl (C=O) groups excluding carboxylic acids is 1. The van der Waals surface area contributed by atoms with Gasteiger partial charge >= 0.3 is 0 Å². The van der Waals surface area contributed by atoms with E-state index in [0.717, 1.165) is 24.0 Å². The van der Waals surface area contributed by atoms with E-state index in [0.29, 0.717) is 36.6 Å². The molecule has 1 amide bonds. The number of methoxy groups -OCH3 is 1. The maximum atomic E-state index is 12.1. The minimum absolute atomic E-state index is 0.176. The number of aromatic nitrogens is 1. The Labute approximate surface area is 171 Å². The maximum absolute atomic E-state index is 12.1. The van der Waals surface area contributed by atoms with Gasteiger partial charge < -0.3 is 19.5 Å². The number of ether oxygens (including phenoxy) is 3. The van der Waals surface area contributed by atoms with Crippen molar-refractivity contribution in [2.45, 2.75) is 45.3 Å². The molecular weight excluding hydrogens is 368 g/mol. The predicted octanol–water partition coefficient (Wildman–Crippen LogP) is 4.14. The van der Waals surface area contributed by atoms with E-state index in [1.807, 2.05) is 37.3 Å². The van der Waals surface area contributed by atoms with Gasteiger partial charge in [0.15, 0.2) is 11.5 Å². The van der Waals surface area contributed by atoms with Gasteiger partial charge in [-0.2, -0.15) is 0 Å². The average molecular weight is 396 g/mol. The van der Waals surface area contributed by atoms with Crippen LogP contribution in [-0.2, 0) is 11.3 Å². The SMILES string of the molecule is CCOc1cc(C=CC(=O)NCc2ccc(OC3CCCC3)nc2)ccc1OC. The normalized spacial score (nSPS) is 14.1. The Morgan fingerprint density at radius 2 is 2.03 bits per heavy atom. The molecule has 0 radical (unpaired) electrons. The molecule has 0 spiro atoms. The summed E-state index contributed by atoms with van der Waals surface area (Å²) in [6.45, 7) is 2.87. The molecule has 0 saturated heterocycles. The van der Waals surface area contributed by atoms with Crippen LogP contribution in [-0.4, -0.2) is 30.7 Å². The van der Waals surface area contributed by atoms with Gasteiger partial charge in [0.2, 0.25) is 11.8 Å². The number of amides is 1. The van der Waals surface area contributed by atoms with Crippen LogP contribution in [0.25, 0.3) is 6.08 Å². The van der Waals surface area contributed by atoms with Crippen molar-refractivity contribution in [1.82, 2.24) is 10.3 Å². The Kier molecular flexibility index (Phi) is 7.50. The van der Waals surface area contributed by atoms with Gasteiger partial charge in [0.25, 0.3) is 0 Å². The van der Waals surface area contributed by atoms with Crippen molar-refractivity contribution in [3.63, 3.8) is 0 Å². The molecule has 1 aliphatic rings. The largest absolute Gasteiger partial charge is 0.493 e. The lowest BCUT2D eigenvalue weighted by molar-refractivity contribution is -0.116. The number of nitrogens with one attached hydrogen (secondary N) is 1. The van der Waals surface area contributed by atoms with Gasteiger partial charge in [0, 0.05) is 24.9 Å². The second-order valence-corrected chi connectivity index (χ2v) is 6.92. The summed E-state index contributed by atoms with van der Waals surface area (Å²) in [7, 11) is 1.60. The minimum Gasteiger partial charge on any atom is -0.493 e. The second kappa shape index (κ2) is 10.5. The highest BCUT2D eigenvalue weighted by Crippen LogP contribution is 2.28. The molecule has 0 unspecified atom stereocenters. The quantitative estimate of drug-likeness (QED) is 0.645. The molecule has 6 nitrogen and oxygen atoms in total. The molecule has 0 aliphatic heterocycles. The van der Waals surface area contributed by atoms with Crippen molar-refractivity contribution in [2.24, 2.45) is 0 Å². The molecule has 1 aromatic carbocycles. The Hall–Kier alpha value is -3.02. The van der Waals surface area contributed by atoms with E-state index < -0.39 is 0 Å². The molecule has 1 saturated carbocycles. The van der Waals surface area contributed by atoms with E-state index in [1.165, 1.54) is 18.9 Å².